The van der Waals surface area contributed by atoms with Gasteiger partial charge in [-0.2, -0.15) is 17.4 Å². The lowest BCUT2D eigenvalue weighted by Crippen LogP contribution is -2.58. The van der Waals surface area contributed by atoms with Crippen LogP contribution < -0.4 is 4.72 Å². The highest BCUT2D eigenvalue weighted by atomic mass is 32.2. The summed E-state index contributed by atoms with van der Waals surface area (Å²) >= 11 is 0. The molecule has 0 aliphatic rings. The van der Waals surface area contributed by atoms with Crippen molar-refractivity contribution in [1.29, 1.82) is 0 Å². The number of carboxylic acids is 1. The average Bonchev–Trinajstić information content (AvgIpc) is 1.97. The van der Waals surface area contributed by atoms with Gasteiger partial charge in [0.05, 0.1) is 0 Å². The SMILES string of the molecule is CCN(C(C)(C)C(=O)O)S(=O)(=O)NC(C)(C)C. The molecule has 0 bridgehead atoms. The summed E-state index contributed by atoms with van der Waals surface area (Å²) in [4.78, 5) is 11.1. The minimum atomic E-state index is -3.83. The fourth-order valence-corrected chi connectivity index (χ4v) is 3.32. The van der Waals surface area contributed by atoms with E-state index in [-0.39, 0.29) is 6.54 Å². The van der Waals surface area contributed by atoms with Gasteiger partial charge in [-0.15, -0.1) is 0 Å². The van der Waals surface area contributed by atoms with Gasteiger partial charge in [0.1, 0.15) is 5.54 Å². The third-order valence-electron chi connectivity index (χ3n) is 2.16. The van der Waals surface area contributed by atoms with Gasteiger partial charge in [-0.3, -0.25) is 4.79 Å². The number of carbonyl (C=O) groups is 1. The Hall–Kier alpha value is -0.660. The van der Waals surface area contributed by atoms with Crippen LogP contribution in [0.15, 0.2) is 0 Å². The Morgan fingerprint density at radius 3 is 1.88 bits per heavy atom. The van der Waals surface area contributed by atoms with E-state index in [4.69, 9.17) is 5.11 Å². The third-order valence-corrected chi connectivity index (χ3v) is 4.32. The molecule has 0 aromatic rings. The highest BCUT2D eigenvalue weighted by Gasteiger charge is 2.42. The van der Waals surface area contributed by atoms with Gasteiger partial charge >= 0.3 is 5.97 Å². The van der Waals surface area contributed by atoms with Gasteiger partial charge in [0.15, 0.2) is 0 Å². The molecular formula is C10H22N2O4S. The number of carboxylic acid groups (broad SMARTS) is 1. The van der Waals surface area contributed by atoms with Crippen LogP contribution in [0.25, 0.3) is 0 Å². The standard InChI is InChI=1S/C10H22N2O4S/c1-7-12(10(5,6)8(13)14)17(15,16)11-9(2,3)4/h11H,7H2,1-6H3,(H,13,14). The third kappa shape index (κ3) is 4.25. The van der Waals surface area contributed by atoms with Crippen LogP contribution in [0.3, 0.4) is 0 Å². The summed E-state index contributed by atoms with van der Waals surface area (Å²) in [6, 6.07) is 0. The smallest absolute Gasteiger partial charge is 0.324 e. The van der Waals surface area contributed by atoms with Crippen molar-refractivity contribution in [2.75, 3.05) is 6.54 Å². The summed E-state index contributed by atoms with van der Waals surface area (Å²) in [6.45, 7) is 9.52. The summed E-state index contributed by atoms with van der Waals surface area (Å²) in [7, 11) is -3.83. The van der Waals surface area contributed by atoms with Crippen LogP contribution >= 0.6 is 0 Å². The fraction of sp³-hybridized carbons (Fsp3) is 0.900. The Balaban J connectivity index is 5.35. The second-order valence-corrected chi connectivity index (χ2v) is 6.98. The predicted octanol–water partition coefficient (Wildman–Crippen LogP) is 0.804. The van der Waals surface area contributed by atoms with E-state index in [1.807, 2.05) is 0 Å². The molecule has 0 aromatic carbocycles. The number of hydrogen-bond acceptors (Lipinski definition) is 3. The highest BCUT2D eigenvalue weighted by Crippen LogP contribution is 2.19. The van der Waals surface area contributed by atoms with Crippen LogP contribution in [0.1, 0.15) is 41.5 Å². The van der Waals surface area contributed by atoms with Crippen molar-refractivity contribution in [1.82, 2.24) is 9.03 Å². The topological polar surface area (TPSA) is 86.7 Å². The van der Waals surface area contributed by atoms with Crippen LogP contribution in [0.4, 0.5) is 0 Å². The summed E-state index contributed by atoms with van der Waals surface area (Å²) in [5.74, 6) is -1.18. The molecule has 0 aliphatic heterocycles. The molecule has 0 spiro atoms. The summed E-state index contributed by atoms with van der Waals surface area (Å²) in [5.41, 5.74) is -2.13. The van der Waals surface area contributed by atoms with Crippen LogP contribution in [-0.4, -0.2) is 41.4 Å². The molecular weight excluding hydrogens is 244 g/mol. The lowest BCUT2D eigenvalue weighted by Gasteiger charge is -2.35. The summed E-state index contributed by atoms with van der Waals surface area (Å²) in [5, 5.41) is 9.07. The molecule has 17 heavy (non-hydrogen) atoms. The molecule has 6 nitrogen and oxygen atoms in total. The van der Waals surface area contributed by atoms with E-state index in [0.29, 0.717) is 0 Å². The van der Waals surface area contributed by atoms with Crippen LogP contribution in [0, 0.1) is 0 Å². The zero-order chi connectivity index (χ0) is 14.1. The molecule has 0 heterocycles. The van der Waals surface area contributed by atoms with Crippen molar-refractivity contribution in [3.8, 4) is 0 Å². The zero-order valence-corrected chi connectivity index (χ0v) is 12.1. The number of nitrogens with one attached hydrogen (secondary N) is 1. The Morgan fingerprint density at radius 1 is 1.24 bits per heavy atom. The normalized spacial score (nSPS) is 14.1. The largest absolute Gasteiger partial charge is 0.480 e. The molecule has 7 heteroatoms. The van der Waals surface area contributed by atoms with Crippen molar-refractivity contribution in [3.05, 3.63) is 0 Å². The number of aliphatic carboxylic acids is 1. The average molecular weight is 266 g/mol. The highest BCUT2D eigenvalue weighted by molar-refractivity contribution is 7.87. The van der Waals surface area contributed by atoms with E-state index in [9.17, 15) is 13.2 Å². The van der Waals surface area contributed by atoms with E-state index >= 15 is 0 Å². The Morgan fingerprint density at radius 2 is 1.65 bits per heavy atom. The molecule has 0 unspecified atom stereocenters. The van der Waals surface area contributed by atoms with Crippen molar-refractivity contribution in [2.24, 2.45) is 0 Å². The Kier molecular flexibility index (Phi) is 4.72. The zero-order valence-electron chi connectivity index (χ0n) is 11.2. The van der Waals surface area contributed by atoms with Gasteiger partial charge in [-0.05, 0) is 34.6 Å². The van der Waals surface area contributed by atoms with Crippen LogP contribution in [0.2, 0.25) is 0 Å². The maximum Gasteiger partial charge on any atom is 0.324 e. The first-order chi connectivity index (χ1) is 7.34. The summed E-state index contributed by atoms with van der Waals surface area (Å²) in [6.07, 6.45) is 0. The molecule has 102 valence electrons. The second kappa shape index (κ2) is 4.91. The van der Waals surface area contributed by atoms with Crippen molar-refractivity contribution in [2.45, 2.75) is 52.6 Å². The molecule has 0 saturated carbocycles. The van der Waals surface area contributed by atoms with E-state index in [2.05, 4.69) is 4.72 Å². The Bertz CT molecular complexity index is 382. The van der Waals surface area contributed by atoms with Crippen LogP contribution in [0.5, 0.6) is 0 Å². The predicted molar refractivity (Wildman–Crippen MR) is 65.9 cm³/mol. The molecule has 0 rings (SSSR count). The molecule has 0 fully saturated rings. The molecule has 0 atom stereocenters. The van der Waals surface area contributed by atoms with Crippen molar-refractivity contribution >= 4 is 16.2 Å². The number of rotatable bonds is 5. The van der Waals surface area contributed by atoms with E-state index in [1.165, 1.54) is 13.8 Å². The first kappa shape index (κ1) is 16.3. The van der Waals surface area contributed by atoms with E-state index in [0.717, 1.165) is 4.31 Å². The molecule has 0 aliphatic carbocycles. The van der Waals surface area contributed by atoms with E-state index in [1.54, 1.807) is 27.7 Å². The van der Waals surface area contributed by atoms with Gasteiger partial charge < -0.3 is 5.11 Å². The van der Waals surface area contributed by atoms with Crippen molar-refractivity contribution in [3.63, 3.8) is 0 Å². The molecule has 0 saturated heterocycles. The first-order valence-electron chi connectivity index (χ1n) is 5.39. The number of likely N-dealkylation sites (N-methyl/N-ethyl adjacent to an activating group) is 1. The van der Waals surface area contributed by atoms with Crippen molar-refractivity contribution < 1.29 is 18.3 Å². The van der Waals surface area contributed by atoms with Crippen LogP contribution in [-0.2, 0) is 15.0 Å². The number of hydrogen-bond donors (Lipinski definition) is 2. The maximum atomic E-state index is 12.1. The minimum Gasteiger partial charge on any atom is -0.480 e. The maximum absolute atomic E-state index is 12.1. The Labute approximate surface area is 103 Å². The van der Waals surface area contributed by atoms with Gasteiger partial charge in [0, 0.05) is 12.1 Å². The molecule has 0 aromatic heterocycles. The van der Waals surface area contributed by atoms with E-state index < -0.39 is 27.3 Å². The first-order valence-corrected chi connectivity index (χ1v) is 6.83. The second-order valence-electron chi connectivity index (χ2n) is 5.39. The monoisotopic (exact) mass is 266 g/mol. The van der Waals surface area contributed by atoms with Gasteiger partial charge in [0.25, 0.3) is 10.2 Å². The quantitative estimate of drug-likeness (QED) is 0.770. The van der Waals surface area contributed by atoms with Gasteiger partial charge in [-0.1, -0.05) is 6.92 Å². The minimum absolute atomic E-state index is 0.0880. The van der Waals surface area contributed by atoms with Gasteiger partial charge in [0.2, 0.25) is 0 Å². The number of nitrogens with zero attached hydrogens (tertiary/aromatic N) is 1. The molecule has 2 N–H and O–H groups in total. The van der Waals surface area contributed by atoms with Gasteiger partial charge in [-0.25, -0.2) is 0 Å². The molecule has 0 amide bonds. The lowest BCUT2D eigenvalue weighted by atomic mass is 10.1. The molecule has 0 radical (unpaired) electrons. The fourth-order valence-electron chi connectivity index (χ4n) is 1.41. The lowest BCUT2D eigenvalue weighted by molar-refractivity contribution is -0.146. The summed E-state index contributed by atoms with van der Waals surface area (Å²) < 4.78 is 27.5.